The summed E-state index contributed by atoms with van der Waals surface area (Å²) in [5.74, 6) is -0.416. The van der Waals surface area contributed by atoms with Crippen molar-refractivity contribution in [3.05, 3.63) is 64.2 Å². The van der Waals surface area contributed by atoms with Crippen LogP contribution in [0.3, 0.4) is 0 Å². The number of nitrogens with one attached hydrogen (secondary N) is 1. The van der Waals surface area contributed by atoms with E-state index in [1.165, 1.54) is 17.0 Å². The molecule has 0 aliphatic heterocycles. The van der Waals surface area contributed by atoms with Gasteiger partial charge in [0.25, 0.3) is 11.6 Å². The van der Waals surface area contributed by atoms with Crippen molar-refractivity contribution in [1.29, 1.82) is 0 Å². The van der Waals surface area contributed by atoms with Crippen LogP contribution in [0.2, 0.25) is 0 Å². The molecule has 0 saturated carbocycles. The lowest BCUT2D eigenvalue weighted by atomic mass is 10.2. The number of carbonyl (C=O) groups is 1. The summed E-state index contributed by atoms with van der Waals surface area (Å²) in [7, 11) is 0. The van der Waals surface area contributed by atoms with E-state index in [-0.39, 0.29) is 12.2 Å². The third-order valence-electron chi connectivity index (χ3n) is 3.24. The molecule has 1 amide bonds. The predicted molar refractivity (Wildman–Crippen MR) is 86.4 cm³/mol. The molecule has 0 bridgehead atoms. The van der Waals surface area contributed by atoms with E-state index < -0.39 is 10.8 Å². The van der Waals surface area contributed by atoms with E-state index in [1.54, 1.807) is 30.3 Å². The Bertz CT molecular complexity index is 934. The summed E-state index contributed by atoms with van der Waals surface area (Å²) in [6, 6.07) is 13.4. The topological polar surface area (TPSA) is 115 Å². The number of nitrogens with zero attached hydrogens (tertiary/aromatic N) is 5. The Morgan fingerprint density at radius 1 is 1.25 bits per heavy atom. The van der Waals surface area contributed by atoms with Crippen LogP contribution in [0.5, 0.6) is 0 Å². The number of hydrazone groups is 1. The highest BCUT2D eigenvalue weighted by Gasteiger charge is 2.11. The number of rotatable bonds is 5. The number of hydrogen-bond acceptors (Lipinski definition) is 6. The van der Waals surface area contributed by atoms with Gasteiger partial charge in [-0.05, 0) is 18.2 Å². The molecule has 0 atom stereocenters. The zero-order valence-corrected chi connectivity index (χ0v) is 12.4. The third kappa shape index (κ3) is 3.24. The standard InChI is InChI=1S/C15H12N6O3/c22-15(10-20-14-8-4-2-6-12(14)17-19-20)18-16-9-11-5-1-3-7-13(11)21(23)24/h1-9H,10H2,(H,18,22). The lowest BCUT2D eigenvalue weighted by Crippen LogP contribution is -2.23. The average Bonchev–Trinajstić information content (AvgIpc) is 2.98. The molecule has 0 fully saturated rings. The maximum absolute atomic E-state index is 11.9. The lowest BCUT2D eigenvalue weighted by Gasteiger charge is -2.01. The van der Waals surface area contributed by atoms with Crippen molar-refractivity contribution >= 4 is 28.8 Å². The maximum Gasteiger partial charge on any atom is 0.278 e. The summed E-state index contributed by atoms with van der Waals surface area (Å²) < 4.78 is 1.45. The Hall–Kier alpha value is -3.62. The normalized spacial score (nSPS) is 11.0. The molecule has 0 radical (unpaired) electrons. The Labute approximate surface area is 135 Å². The van der Waals surface area contributed by atoms with E-state index in [2.05, 4.69) is 20.8 Å². The number of amides is 1. The molecule has 1 heterocycles. The SMILES string of the molecule is O=C(Cn1nnc2ccccc21)NN=Cc1ccccc1[N+](=O)[O-]. The molecule has 0 aliphatic carbocycles. The van der Waals surface area contributed by atoms with Crippen LogP contribution in [0.1, 0.15) is 5.56 Å². The van der Waals surface area contributed by atoms with Gasteiger partial charge in [-0.1, -0.05) is 29.5 Å². The van der Waals surface area contributed by atoms with Gasteiger partial charge in [0, 0.05) is 6.07 Å². The molecule has 2 aromatic carbocycles. The second-order valence-corrected chi connectivity index (χ2v) is 4.84. The van der Waals surface area contributed by atoms with Gasteiger partial charge < -0.3 is 0 Å². The Morgan fingerprint density at radius 3 is 2.83 bits per heavy atom. The summed E-state index contributed by atoms with van der Waals surface area (Å²) in [4.78, 5) is 22.3. The first-order valence-electron chi connectivity index (χ1n) is 6.99. The van der Waals surface area contributed by atoms with Crippen LogP contribution in [-0.4, -0.2) is 32.0 Å². The van der Waals surface area contributed by atoms with E-state index in [1.807, 2.05) is 12.1 Å². The number of nitro groups is 1. The van der Waals surface area contributed by atoms with Crippen molar-refractivity contribution in [3.63, 3.8) is 0 Å². The second kappa shape index (κ2) is 6.65. The first-order chi connectivity index (χ1) is 11.6. The maximum atomic E-state index is 11.9. The largest absolute Gasteiger partial charge is 0.278 e. The highest BCUT2D eigenvalue weighted by molar-refractivity contribution is 5.86. The monoisotopic (exact) mass is 324 g/mol. The van der Waals surface area contributed by atoms with E-state index in [4.69, 9.17) is 0 Å². The van der Waals surface area contributed by atoms with Gasteiger partial charge >= 0.3 is 0 Å². The molecule has 0 aliphatic rings. The molecular weight excluding hydrogens is 312 g/mol. The van der Waals surface area contributed by atoms with Crippen molar-refractivity contribution in [2.45, 2.75) is 6.54 Å². The van der Waals surface area contributed by atoms with Crippen LogP contribution in [0, 0.1) is 10.1 Å². The van der Waals surface area contributed by atoms with Crippen LogP contribution in [0.4, 0.5) is 5.69 Å². The van der Waals surface area contributed by atoms with Crippen molar-refractivity contribution in [2.24, 2.45) is 5.10 Å². The van der Waals surface area contributed by atoms with Crippen molar-refractivity contribution < 1.29 is 9.72 Å². The van der Waals surface area contributed by atoms with Crippen LogP contribution >= 0.6 is 0 Å². The van der Waals surface area contributed by atoms with Gasteiger partial charge in [0.15, 0.2) is 0 Å². The van der Waals surface area contributed by atoms with Gasteiger partial charge in [0.05, 0.1) is 22.2 Å². The molecular formula is C15H12N6O3. The minimum atomic E-state index is -0.509. The number of benzene rings is 2. The van der Waals surface area contributed by atoms with E-state index >= 15 is 0 Å². The Balaban J connectivity index is 1.67. The molecule has 3 rings (SSSR count). The number of fused-ring (bicyclic) bond motifs is 1. The minimum absolute atomic E-state index is 0.0608. The van der Waals surface area contributed by atoms with Crippen molar-refractivity contribution in [2.75, 3.05) is 0 Å². The molecule has 9 nitrogen and oxygen atoms in total. The number of nitro benzene ring substituents is 1. The van der Waals surface area contributed by atoms with Crippen LogP contribution in [-0.2, 0) is 11.3 Å². The fourth-order valence-electron chi connectivity index (χ4n) is 2.14. The summed E-state index contributed by atoms with van der Waals surface area (Å²) in [6.45, 7) is -0.0608. The number of hydrogen-bond donors (Lipinski definition) is 1. The zero-order chi connectivity index (χ0) is 16.9. The van der Waals surface area contributed by atoms with Gasteiger partial charge in [-0.3, -0.25) is 14.9 Å². The quantitative estimate of drug-likeness (QED) is 0.434. The van der Waals surface area contributed by atoms with Gasteiger partial charge in [-0.15, -0.1) is 5.10 Å². The number of para-hydroxylation sites is 2. The summed E-state index contributed by atoms with van der Waals surface area (Å²) >= 11 is 0. The fourth-order valence-corrected chi connectivity index (χ4v) is 2.14. The van der Waals surface area contributed by atoms with Gasteiger partial charge in [0.2, 0.25) is 0 Å². The highest BCUT2D eigenvalue weighted by atomic mass is 16.6. The molecule has 0 saturated heterocycles. The Morgan fingerprint density at radius 2 is 2.00 bits per heavy atom. The van der Waals surface area contributed by atoms with E-state index in [0.717, 1.165) is 5.52 Å². The first kappa shape index (κ1) is 15.3. The predicted octanol–water partition coefficient (Wildman–Crippen LogP) is 1.49. The number of aromatic nitrogens is 3. The molecule has 0 unspecified atom stereocenters. The lowest BCUT2D eigenvalue weighted by molar-refractivity contribution is -0.385. The summed E-state index contributed by atoms with van der Waals surface area (Å²) in [5, 5.41) is 22.5. The number of carbonyl (C=O) groups excluding carboxylic acids is 1. The molecule has 120 valence electrons. The summed E-state index contributed by atoms with van der Waals surface area (Å²) in [5.41, 5.74) is 3.95. The highest BCUT2D eigenvalue weighted by Crippen LogP contribution is 2.15. The van der Waals surface area contributed by atoms with E-state index in [9.17, 15) is 14.9 Å². The van der Waals surface area contributed by atoms with Gasteiger partial charge in [-0.25, -0.2) is 10.1 Å². The van der Waals surface area contributed by atoms with Crippen molar-refractivity contribution in [1.82, 2.24) is 20.4 Å². The molecule has 9 heteroatoms. The average molecular weight is 324 g/mol. The fraction of sp³-hybridized carbons (Fsp3) is 0.0667. The second-order valence-electron chi connectivity index (χ2n) is 4.84. The van der Waals surface area contributed by atoms with E-state index in [0.29, 0.717) is 11.1 Å². The van der Waals surface area contributed by atoms with Crippen LogP contribution in [0.15, 0.2) is 53.6 Å². The Kier molecular flexibility index (Phi) is 4.23. The molecule has 1 N–H and O–H groups in total. The summed E-state index contributed by atoms with van der Waals surface area (Å²) in [6.07, 6.45) is 1.23. The van der Waals surface area contributed by atoms with Gasteiger partial charge in [0.1, 0.15) is 12.1 Å². The van der Waals surface area contributed by atoms with Crippen LogP contribution < -0.4 is 5.43 Å². The molecule has 24 heavy (non-hydrogen) atoms. The molecule has 3 aromatic rings. The van der Waals surface area contributed by atoms with Crippen molar-refractivity contribution in [3.8, 4) is 0 Å². The van der Waals surface area contributed by atoms with Crippen LogP contribution in [0.25, 0.3) is 11.0 Å². The van der Waals surface area contributed by atoms with Gasteiger partial charge in [-0.2, -0.15) is 5.10 Å². The zero-order valence-electron chi connectivity index (χ0n) is 12.4. The minimum Gasteiger partial charge on any atom is -0.271 e. The first-order valence-corrected chi connectivity index (χ1v) is 6.99. The molecule has 0 spiro atoms. The smallest absolute Gasteiger partial charge is 0.271 e. The third-order valence-corrected chi connectivity index (χ3v) is 3.24. The molecule has 1 aromatic heterocycles.